The fourth-order valence-electron chi connectivity index (χ4n) is 2.47. The van der Waals surface area contributed by atoms with Gasteiger partial charge in [0.2, 0.25) is 0 Å². The van der Waals surface area contributed by atoms with Gasteiger partial charge in [0.15, 0.2) is 0 Å². The van der Waals surface area contributed by atoms with Gasteiger partial charge in [-0.2, -0.15) is 0 Å². The minimum atomic E-state index is -0.466. The molecule has 1 aliphatic heterocycles. The Kier molecular flexibility index (Phi) is 4.82. The molecule has 1 saturated heterocycles. The molecule has 21 heavy (non-hydrogen) atoms. The van der Waals surface area contributed by atoms with Gasteiger partial charge in [0.25, 0.3) is 0 Å². The van der Waals surface area contributed by atoms with Gasteiger partial charge in [-0.25, -0.2) is 4.79 Å². The lowest BCUT2D eigenvalue weighted by Gasteiger charge is -2.34. The summed E-state index contributed by atoms with van der Waals surface area (Å²) in [7, 11) is 0. The zero-order chi connectivity index (χ0) is 15.5. The van der Waals surface area contributed by atoms with Gasteiger partial charge >= 0.3 is 6.09 Å². The van der Waals surface area contributed by atoms with Crippen LogP contribution in [0.5, 0.6) is 0 Å². The summed E-state index contributed by atoms with van der Waals surface area (Å²) in [6, 6.07) is 0. The molecule has 2 heterocycles. The van der Waals surface area contributed by atoms with Crippen LogP contribution in [0.25, 0.3) is 0 Å². The summed E-state index contributed by atoms with van der Waals surface area (Å²) in [4.78, 5) is 13.9. The Morgan fingerprint density at radius 3 is 2.90 bits per heavy atom. The average molecular weight is 296 g/mol. The first kappa shape index (κ1) is 15.8. The summed E-state index contributed by atoms with van der Waals surface area (Å²) in [5.74, 6) is 0.333. The summed E-state index contributed by atoms with van der Waals surface area (Å²) in [6.07, 6.45) is 3.51. The summed E-state index contributed by atoms with van der Waals surface area (Å²) >= 11 is 0. The van der Waals surface area contributed by atoms with E-state index >= 15 is 0 Å². The monoisotopic (exact) mass is 296 g/mol. The van der Waals surface area contributed by atoms with Gasteiger partial charge < -0.3 is 14.7 Å². The van der Waals surface area contributed by atoms with Crippen LogP contribution in [0.1, 0.15) is 39.3 Å². The van der Waals surface area contributed by atoms with Crippen molar-refractivity contribution in [3.05, 3.63) is 11.9 Å². The Balaban J connectivity index is 1.89. The molecule has 1 aromatic heterocycles. The van der Waals surface area contributed by atoms with Crippen molar-refractivity contribution in [1.82, 2.24) is 19.9 Å². The van der Waals surface area contributed by atoms with Gasteiger partial charge in [-0.15, -0.1) is 5.10 Å². The number of piperidine rings is 1. The van der Waals surface area contributed by atoms with E-state index in [4.69, 9.17) is 9.84 Å². The van der Waals surface area contributed by atoms with Crippen LogP contribution < -0.4 is 0 Å². The maximum atomic E-state index is 12.1. The molecule has 0 bridgehead atoms. The van der Waals surface area contributed by atoms with E-state index < -0.39 is 5.60 Å². The predicted octanol–water partition coefficient (Wildman–Crippen LogP) is 1.42. The number of likely N-dealkylation sites (tertiary alicyclic amines) is 1. The van der Waals surface area contributed by atoms with E-state index in [0.29, 0.717) is 24.7 Å². The molecule has 0 radical (unpaired) electrons. The van der Waals surface area contributed by atoms with Gasteiger partial charge in [-0.3, -0.25) is 4.68 Å². The molecule has 2 rings (SSSR count). The van der Waals surface area contributed by atoms with E-state index in [1.165, 1.54) is 0 Å². The molecule has 0 spiro atoms. The summed E-state index contributed by atoms with van der Waals surface area (Å²) in [6.45, 7) is 7.63. The van der Waals surface area contributed by atoms with E-state index in [2.05, 4.69) is 10.3 Å². The number of ether oxygens (including phenoxy) is 1. The molecular formula is C14H24N4O3. The first-order valence-corrected chi connectivity index (χ1v) is 7.35. The van der Waals surface area contributed by atoms with Gasteiger partial charge in [-0.1, -0.05) is 5.21 Å². The molecule has 1 N–H and O–H groups in total. The van der Waals surface area contributed by atoms with Crippen molar-refractivity contribution >= 4 is 6.09 Å². The number of carbonyl (C=O) groups excluding carboxylic acids is 1. The van der Waals surface area contributed by atoms with Crippen molar-refractivity contribution in [2.75, 3.05) is 13.1 Å². The summed E-state index contributed by atoms with van der Waals surface area (Å²) in [5.41, 5.74) is 0.0983. The minimum Gasteiger partial charge on any atom is -0.444 e. The summed E-state index contributed by atoms with van der Waals surface area (Å²) < 4.78 is 7.15. The molecule has 1 aliphatic rings. The Bertz CT molecular complexity index is 481. The highest BCUT2D eigenvalue weighted by molar-refractivity contribution is 5.68. The standard InChI is InChI=1S/C14H24N4O3/c1-14(2,3)21-13(20)17-6-4-5-11(7-17)8-18-9-12(10-19)15-16-18/h9,11,19H,4-8,10H2,1-3H3/t11-/m1/s1. The van der Waals surface area contributed by atoms with Crippen LogP contribution in [0.3, 0.4) is 0 Å². The highest BCUT2D eigenvalue weighted by Crippen LogP contribution is 2.20. The Hall–Kier alpha value is -1.63. The molecule has 1 amide bonds. The van der Waals surface area contributed by atoms with Crippen LogP contribution >= 0.6 is 0 Å². The quantitative estimate of drug-likeness (QED) is 0.912. The Morgan fingerprint density at radius 1 is 1.52 bits per heavy atom. The number of hydrogen-bond donors (Lipinski definition) is 1. The third-order valence-corrected chi connectivity index (χ3v) is 3.36. The zero-order valence-corrected chi connectivity index (χ0v) is 12.9. The second-order valence-electron chi connectivity index (χ2n) is 6.52. The number of carbonyl (C=O) groups is 1. The molecule has 118 valence electrons. The normalized spacial score (nSPS) is 19.6. The fraction of sp³-hybridized carbons (Fsp3) is 0.786. The first-order valence-electron chi connectivity index (χ1n) is 7.35. The number of rotatable bonds is 3. The Labute approximate surface area is 124 Å². The highest BCUT2D eigenvalue weighted by atomic mass is 16.6. The largest absolute Gasteiger partial charge is 0.444 e. The number of aliphatic hydroxyl groups excluding tert-OH is 1. The van der Waals surface area contributed by atoms with Crippen LogP contribution in [-0.2, 0) is 17.9 Å². The van der Waals surface area contributed by atoms with Crippen molar-refractivity contribution in [1.29, 1.82) is 0 Å². The SMILES string of the molecule is CC(C)(C)OC(=O)N1CCC[C@@H](Cn2cc(CO)nn2)C1. The van der Waals surface area contributed by atoms with E-state index in [1.54, 1.807) is 15.8 Å². The van der Waals surface area contributed by atoms with Gasteiger partial charge in [0.05, 0.1) is 12.8 Å². The van der Waals surface area contributed by atoms with Crippen LogP contribution in [-0.4, -0.2) is 49.8 Å². The molecule has 1 fully saturated rings. The lowest BCUT2D eigenvalue weighted by molar-refractivity contribution is 0.0155. The van der Waals surface area contributed by atoms with Crippen LogP contribution in [0.4, 0.5) is 4.79 Å². The van der Waals surface area contributed by atoms with E-state index in [0.717, 1.165) is 19.4 Å². The number of hydrogen-bond acceptors (Lipinski definition) is 5. The van der Waals surface area contributed by atoms with E-state index in [-0.39, 0.29) is 12.7 Å². The molecule has 1 aromatic rings. The molecule has 0 unspecified atom stereocenters. The number of aliphatic hydroxyl groups is 1. The predicted molar refractivity (Wildman–Crippen MR) is 76.5 cm³/mol. The fourth-order valence-corrected chi connectivity index (χ4v) is 2.47. The minimum absolute atomic E-state index is 0.102. The maximum Gasteiger partial charge on any atom is 0.410 e. The van der Waals surface area contributed by atoms with Crippen LogP contribution in [0, 0.1) is 5.92 Å². The van der Waals surface area contributed by atoms with Crippen molar-refractivity contribution in [2.45, 2.75) is 52.4 Å². The lowest BCUT2D eigenvalue weighted by Crippen LogP contribution is -2.43. The van der Waals surface area contributed by atoms with Crippen molar-refractivity contribution < 1.29 is 14.6 Å². The molecule has 0 aliphatic carbocycles. The second kappa shape index (κ2) is 6.43. The highest BCUT2D eigenvalue weighted by Gasteiger charge is 2.27. The molecule has 0 saturated carbocycles. The molecular weight excluding hydrogens is 272 g/mol. The van der Waals surface area contributed by atoms with Crippen LogP contribution in [0.15, 0.2) is 6.20 Å². The van der Waals surface area contributed by atoms with Crippen LogP contribution in [0.2, 0.25) is 0 Å². The van der Waals surface area contributed by atoms with E-state index in [1.807, 2.05) is 20.8 Å². The zero-order valence-electron chi connectivity index (χ0n) is 12.9. The molecule has 7 nitrogen and oxygen atoms in total. The lowest BCUT2D eigenvalue weighted by atomic mass is 9.98. The first-order chi connectivity index (χ1) is 9.87. The van der Waals surface area contributed by atoms with Gasteiger partial charge in [-0.05, 0) is 39.5 Å². The number of amides is 1. The average Bonchev–Trinajstić information content (AvgIpc) is 2.85. The van der Waals surface area contributed by atoms with Gasteiger partial charge in [0, 0.05) is 19.6 Å². The molecule has 7 heteroatoms. The third-order valence-electron chi connectivity index (χ3n) is 3.36. The number of aromatic nitrogens is 3. The number of nitrogens with zero attached hydrogens (tertiary/aromatic N) is 4. The van der Waals surface area contributed by atoms with E-state index in [9.17, 15) is 4.79 Å². The third kappa shape index (κ3) is 4.70. The maximum absolute atomic E-state index is 12.1. The summed E-state index contributed by atoms with van der Waals surface area (Å²) in [5, 5.41) is 16.8. The second-order valence-corrected chi connectivity index (χ2v) is 6.52. The van der Waals surface area contributed by atoms with Crippen molar-refractivity contribution in [3.8, 4) is 0 Å². The molecule has 0 aromatic carbocycles. The van der Waals surface area contributed by atoms with Crippen molar-refractivity contribution in [2.24, 2.45) is 5.92 Å². The Morgan fingerprint density at radius 2 is 2.29 bits per heavy atom. The van der Waals surface area contributed by atoms with Gasteiger partial charge in [0.1, 0.15) is 11.3 Å². The molecule has 1 atom stereocenters. The smallest absolute Gasteiger partial charge is 0.410 e. The van der Waals surface area contributed by atoms with Crippen molar-refractivity contribution in [3.63, 3.8) is 0 Å². The topological polar surface area (TPSA) is 80.5 Å².